The molecule has 3 heteroatoms. The number of hydrogen-bond acceptors (Lipinski definition) is 3. The maximum absolute atomic E-state index is 6.53. The molecule has 0 atom stereocenters. The van der Waals surface area contributed by atoms with Crippen LogP contribution in [0.5, 0.6) is 0 Å². The third-order valence-electron chi connectivity index (χ3n) is 8.98. The lowest BCUT2D eigenvalue weighted by Crippen LogP contribution is -2.09. The van der Waals surface area contributed by atoms with E-state index in [-0.39, 0.29) is 0 Å². The van der Waals surface area contributed by atoms with Crippen LogP contribution in [-0.4, -0.2) is 0 Å². The Bertz CT molecular complexity index is 2480. The largest absolute Gasteiger partial charge is 0.456 e. The van der Waals surface area contributed by atoms with Crippen LogP contribution in [0.3, 0.4) is 0 Å². The van der Waals surface area contributed by atoms with Crippen molar-refractivity contribution in [3.8, 4) is 0 Å². The van der Waals surface area contributed by atoms with E-state index in [1.54, 1.807) is 0 Å². The second kappa shape index (κ2) is 11.2. The summed E-state index contributed by atoms with van der Waals surface area (Å²) in [7, 11) is 0. The van der Waals surface area contributed by atoms with E-state index in [0.717, 1.165) is 56.1 Å². The standard InChI is InChI=1S/C44H30N2O/c1-4-13-33(14-5-1)45(34-15-6-2-7-16-34)37-24-27-43-42(29-37)41-26-23-38(30-44(41)47-43)46(35-17-8-3-9-18-35)36-22-25-40-32(28-36)21-20-31-12-10-11-19-39(31)40/h1-30H. The summed E-state index contributed by atoms with van der Waals surface area (Å²) < 4.78 is 6.53. The Balaban J connectivity index is 1.17. The molecule has 0 saturated carbocycles. The molecule has 222 valence electrons. The summed E-state index contributed by atoms with van der Waals surface area (Å²) in [5, 5.41) is 7.16. The predicted molar refractivity (Wildman–Crippen MR) is 198 cm³/mol. The molecule has 0 bridgehead atoms. The Morgan fingerprint density at radius 3 is 1.45 bits per heavy atom. The van der Waals surface area contributed by atoms with Gasteiger partial charge in [-0.15, -0.1) is 0 Å². The lowest BCUT2D eigenvalue weighted by molar-refractivity contribution is 0.669. The number of nitrogens with zero attached hydrogens (tertiary/aromatic N) is 2. The molecule has 3 nitrogen and oxygen atoms in total. The molecule has 0 aliphatic rings. The zero-order valence-electron chi connectivity index (χ0n) is 25.6. The lowest BCUT2D eigenvalue weighted by Gasteiger charge is -2.26. The van der Waals surface area contributed by atoms with Crippen LogP contribution < -0.4 is 9.80 Å². The third kappa shape index (κ3) is 4.77. The highest BCUT2D eigenvalue weighted by Gasteiger charge is 2.18. The molecule has 9 rings (SSSR count). The zero-order valence-corrected chi connectivity index (χ0v) is 25.6. The van der Waals surface area contributed by atoms with E-state index in [2.05, 4.69) is 192 Å². The highest BCUT2D eigenvalue weighted by Crippen LogP contribution is 2.42. The van der Waals surface area contributed by atoms with Crippen molar-refractivity contribution in [3.05, 3.63) is 182 Å². The number of para-hydroxylation sites is 3. The number of hydrogen-bond donors (Lipinski definition) is 0. The lowest BCUT2D eigenvalue weighted by atomic mass is 10.0. The highest BCUT2D eigenvalue weighted by atomic mass is 16.3. The molecule has 8 aromatic carbocycles. The van der Waals surface area contributed by atoms with Gasteiger partial charge in [0.15, 0.2) is 0 Å². The summed E-state index contributed by atoms with van der Waals surface area (Å²) in [5.41, 5.74) is 8.24. The minimum Gasteiger partial charge on any atom is -0.456 e. The van der Waals surface area contributed by atoms with E-state index < -0.39 is 0 Å². The fourth-order valence-corrected chi connectivity index (χ4v) is 6.80. The van der Waals surface area contributed by atoms with Gasteiger partial charge in [0.2, 0.25) is 0 Å². The van der Waals surface area contributed by atoms with Crippen LogP contribution >= 0.6 is 0 Å². The van der Waals surface area contributed by atoms with Gasteiger partial charge in [-0.2, -0.15) is 0 Å². The van der Waals surface area contributed by atoms with Gasteiger partial charge in [0.1, 0.15) is 11.2 Å². The van der Waals surface area contributed by atoms with Crippen LogP contribution in [-0.2, 0) is 0 Å². The second-order valence-corrected chi connectivity index (χ2v) is 11.8. The van der Waals surface area contributed by atoms with E-state index in [1.165, 1.54) is 21.5 Å². The number of furan rings is 1. The molecule has 0 unspecified atom stereocenters. The average molecular weight is 603 g/mol. The fourth-order valence-electron chi connectivity index (χ4n) is 6.80. The molecule has 0 amide bonds. The molecule has 1 heterocycles. The summed E-state index contributed by atoms with van der Waals surface area (Å²) in [4.78, 5) is 4.59. The van der Waals surface area contributed by atoms with Crippen molar-refractivity contribution in [2.24, 2.45) is 0 Å². The molecule has 0 aliphatic carbocycles. The van der Waals surface area contributed by atoms with Gasteiger partial charge in [0.05, 0.1) is 0 Å². The van der Waals surface area contributed by atoms with Gasteiger partial charge in [-0.3, -0.25) is 0 Å². The second-order valence-electron chi connectivity index (χ2n) is 11.8. The Hall–Kier alpha value is -6.32. The monoisotopic (exact) mass is 602 g/mol. The van der Waals surface area contributed by atoms with Crippen molar-refractivity contribution in [2.75, 3.05) is 9.80 Å². The van der Waals surface area contributed by atoms with Gasteiger partial charge >= 0.3 is 0 Å². The number of anilines is 6. The van der Waals surface area contributed by atoms with Crippen LogP contribution in [0, 0.1) is 0 Å². The molecule has 0 aliphatic heterocycles. The first-order chi connectivity index (χ1) is 23.3. The van der Waals surface area contributed by atoms with E-state index in [9.17, 15) is 0 Å². The molecular formula is C44H30N2O. The molecule has 1 aromatic heterocycles. The summed E-state index contributed by atoms with van der Waals surface area (Å²) in [6.07, 6.45) is 0. The molecule has 9 aromatic rings. The zero-order chi connectivity index (χ0) is 31.2. The summed E-state index contributed by atoms with van der Waals surface area (Å²) in [5.74, 6) is 0. The first-order valence-corrected chi connectivity index (χ1v) is 15.9. The first-order valence-electron chi connectivity index (χ1n) is 15.9. The van der Waals surface area contributed by atoms with E-state index in [1.807, 2.05) is 0 Å². The number of rotatable bonds is 6. The van der Waals surface area contributed by atoms with Crippen molar-refractivity contribution >= 4 is 77.6 Å². The summed E-state index contributed by atoms with van der Waals surface area (Å²) in [6.45, 7) is 0. The van der Waals surface area contributed by atoms with Gasteiger partial charge in [0, 0.05) is 51.0 Å². The first kappa shape index (κ1) is 27.0. The van der Waals surface area contributed by atoms with Crippen LogP contribution in [0.1, 0.15) is 0 Å². The predicted octanol–water partition coefficient (Wildman–Crippen LogP) is 12.8. The fraction of sp³-hybridized carbons (Fsp3) is 0. The van der Waals surface area contributed by atoms with Crippen LogP contribution in [0.4, 0.5) is 34.1 Å². The molecule has 0 N–H and O–H groups in total. The van der Waals surface area contributed by atoms with Crippen molar-refractivity contribution < 1.29 is 4.42 Å². The van der Waals surface area contributed by atoms with Crippen molar-refractivity contribution in [2.45, 2.75) is 0 Å². The number of benzene rings is 8. The van der Waals surface area contributed by atoms with Gasteiger partial charge in [-0.1, -0.05) is 97.1 Å². The Labute approximate surface area is 273 Å². The van der Waals surface area contributed by atoms with Crippen LogP contribution in [0.25, 0.3) is 43.5 Å². The SMILES string of the molecule is c1ccc(N(c2ccc3c(ccc4ccccc43)c2)c2ccc3c(c2)oc2ccc(N(c4ccccc4)c4ccccc4)cc23)cc1. The Morgan fingerprint density at radius 2 is 0.766 bits per heavy atom. The van der Waals surface area contributed by atoms with Crippen molar-refractivity contribution in [3.63, 3.8) is 0 Å². The minimum atomic E-state index is 0.855. The smallest absolute Gasteiger partial charge is 0.137 e. The van der Waals surface area contributed by atoms with Crippen LogP contribution in [0.15, 0.2) is 186 Å². The molecule has 47 heavy (non-hydrogen) atoms. The van der Waals surface area contributed by atoms with Gasteiger partial charge in [0.25, 0.3) is 0 Å². The van der Waals surface area contributed by atoms with E-state index >= 15 is 0 Å². The van der Waals surface area contributed by atoms with Crippen molar-refractivity contribution in [1.82, 2.24) is 0 Å². The Kier molecular flexibility index (Phi) is 6.46. The summed E-state index contributed by atoms with van der Waals surface area (Å²) >= 11 is 0. The van der Waals surface area contributed by atoms with Gasteiger partial charge < -0.3 is 14.2 Å². The molecule has 0 radical (unpaired) electrons. The Morgan fingerprint density at radius 1 is 0.277 bits per heavy atom. The molecular weight excluding hydrogens is 572 g/mol. The van der Waals surface area contributed by atoms with Gasteiger partial charge in [-0.25, -0.2) is 0 Å². The molecule has 0 fully saturated rings. The minimum absolute atomic E-state index is 0.855. The highest BCUT2D eigenvalue weighted by molar-refractivity contribution is 6.10. The van der Waals surface area contributed by atoms with E-state index in [4.69, 9.17) is 4.42 Å². The van der Waals surface area contributed by atoms with Crippen molar-refractivity contribution in [1.29, 1.82) is 0 Å². The quantitative estimate of drug-likeness (QED) is 0.177. The average Bonchev–Trinajstić information content (AvgIpc) is 3.50. The normalized spacial score (nSPS) is 11.4. The van der Waals surface area contributed by atoms with Crippen LogP contribution in [0.2, 0.25) is 0 Å². The molecule has 0 saturated heterocycles. The maximum atomic E-state index is 6.53. The maximum Gasteiger partial charge on any atom is 0.137 e. The van der Waals surface area contributed by atoms with Gasteiger partial charge in [-0.05, 0) is 100 Å². The number of fused-ring (bicyclic) bond motifs is 6. The van der Waals surface area contributed by atoms with E-state index in [0.29, 0.717) is 0 Å². The molecule has 0 spiro atoms. The topological polar surface area (TPSA) is 19.6 Å². The third-order valence-corrected chi connectivity index (χ3v) is 8.98. The summed E-state index contributed by atoms with van der Waals surface area (Å²) in [6, 6.07) is 64.3.